The van der Waals surface area contributed by atoms with Crippen molar-refractivity contribution < 1.29 is 14.5 Å². The van der Waals surface area contributed by atoms with Crippen molar-refractivity contribution in [3.05, 3.63) is 34.4 Å². The van der Waals surface area contributed by atoms with Crippen LogP contribution in [0.4, 0.5) is 5.69 Å². The zero-order valence-corrected chi connectivity index (χ0v) is 11.7. The molecule has 0 spiro atoms. The molecule has 0 heterocycles. The van der Waals surface area contributed by atoms with Gasteiger partial charge in [-0.3, -0.25) is 14.9 Å². The Balaban J connectivity index is 1.91. The number of carbonyl (C=O) groups excluding carboxylic acids is 1. The summed E-state index contributed by atoms with van der Waals surface area (Å²) in [6, 6.07) is 6.01. The molecule has 7 heteroatoms. The molecular formula is C14H19N3O4. The smallest absolute Gasteiger partial charge is 0.273 e. The first kappa shape index (κ1) is 15.2. The third-order valence-electron chi connectivity index (χ3n) is 4.09. The maximum absolute atomic E-state index is 11.5. The van der Waals surface area contributed by atoms with Crippen LogP contribution in [0.3, 0.4) is 0 Å². The van der Waals surface area contributed by atoms with Gasteiger partial charge in [-0.2, -0.15) is 0 Å². The van der Waals surface area contributed by atoms with E-state index in [4.69, 9.17) is 16.2 Å². The highest BCUT2D eigenvalue weighted by Crippen LogP contribution is 2.36. The topological polar surface area (TPSA) is 121 Å². The fraction of sp³-hybridized carbons (Fsp3) is 0.500. The molecule has 114 valence electrons. The number of non-ortho nitro benzene ring substituents is 1. The van der Waals surface area contributed by atoms with Crippen molar-refractivity contribution in [2.75, 3.05) is 6.61 Å². The van der Waals surface area contributed by atoms with Gasteiger partial charge in [-0.05, 0) is 31.2 Å². The zero-order valence-electron chi connectivity index (χ0n) is 11.7. The molecule has 1 saturated carbocycles. The summed E-state index contributed by atoms with van der Waals surface area (Å²) in [4.78, 5) is 21.7. The molecule has 21 heavy (non-hydrogen) atoms. The average molecular weight is 293 g/mol. The molecule has 0 radical (unpaired) electrons. The minimum absolute atomic E-state index is 0.00584. The van der Waals surface area contributed by atoms with Crippen LogP contribution in [0.2, 0.25) is 0 Å². The molecule has 2 atom stereocenters. The number of benzene rings is 1. The Morgan fingerprint density at radius 2 is 2.29 bits per heavy atom. The Morgan fingerprint density at radius 3 is 2.95 bits per heavy atom. The summed E-state index contributed by atoms with van der Waals surface area (Å²) < 4.78 is 5.52. The van der Waals surface area contributed by atoms with Gasteiger partial charge in [-0.25, -0.2) is 0 Å². The molecular weight excluding hydrogens is 274 g/mol. The number of nitro benzene ring substituents is 1. The lowest BCUT2D eigenvalue weighted by molar-refractivity contribution is -0.384. The van der Waals surface area contributed by atoms with E-state index in [0.717, 1.165) is 12.8 Å². The van der Waals surface area contributed by atoms with Crippen molar-refractivity contribution >= 4 is 11.6 Å². The van der Waals surface area contributed by atoms with Gasteiger partial charge in [0.15, 0.2) is 0 Å². The number of hydrogen-bond acceptors (Lipinski definition) is 5. The predicted octanol–water partition coefficient (Wildman–Crippen LogP) is 1.35. The number of carbonyl (C=O) groups is 1. The van der Waals surface area contributed by atoms with E-state index < -0.39 is 16.4 Å². The summed E-state index contributed by atoms with van der Waals surface area (Å²) in [6.07, 6.45) is 2.92. The molecule has 7 nitrogen and oxygen atoms in total. The SMILES string of the molecule is NC(=O)C1(N)CCCC1CCOc1cccc([N+](=O)[O-])c1. The molecule has 1 fully saturated rings. The van der Waals surface area contributed by atoms with Gasteiger partial charge in [0.25, 0.3) is 5.69 Å². The zero-order chi connectivity index (χ0) is 15.5. The van der Waals surface area contributed by atoms with Crippen molar-refractivity contribution in [3.8, 4) is 5.75 Å². The highest BCUT2D eigenvalue weighted by atomic mass is 16.6. The molecule has 0 aromatic heterocycles. The highest BCUT2D eigenvalue weighted by Gasteiger charge is 2.43. The van der Waals surface area contributed by atoms with Gasteiger partial charge in [0.1, 0.15) is 5.75 Å². The number of hydrogen-bond donors (Lipinski definition) is 2. The van der Waals surface area contributed by atoms with Gasteiger partial charge in [0.05, 0.1) is 23.1 Å². The van der Waals surface area contributed by atoms with Crippen LogP contribution in [0.25, 0.3) is 0 Å². The van der Waals surface area contributed by atoms with Crippen molar-refractivity contribution in [1.82, 2.24) is 0 Å². The standard InChI is InChI=1S/C14H19N3O4/c15-13(18)14(16)7-2-3-10(14)6-8-21-12-5-1-4-11(9-12)17(19)20/h1,4-5,9-10H,2-3,6-8,16H2,(H2,15,18). The van der Waals surface area contributed by atoms with E-state index in [0.29, 0.717) is 25.2 Å². The largest absolute Gasteiger partial charge is 0.493 e. The maximum atomic E-state index is 11.5. The third kappa shape index (κ3) is 3.30. The summed E-state index contributed by atoms with van der Waals surface area (Å²) in [5, 5.41) is 10.7. The van der Waals surface area contributed by atoms with Crippen LogP contribution in [-0.4, -0.2) is 23.0 Å². The average Bonchev–Trinajstić information content (AvgIpc) is 2.82. The van der Waals surface area contributed by atoms with E-state index in [1.54, 1.807) is 12.1 Å². The van der Waals surface area contributed by atoms with Crippen molar-refractivity contribution in [2.45, 2.75) is 31.2 Å². The number of amides is 1. The van der Waals surface area contributed by atoms with Crippen LogP contribution in [0.5, 0.6) is 5.75 Å². The Kier molecular flexibility index (Phi) is 4.42. The molecule has 1 aromatic carbocycles. The van der Waals surface area contributed by atoms with Crippen LogP contribution < -0.4 is 16.2 Å². The summed E-state index contributed by atoms with van der Waals surface area (Å²) in [5.74, 6) is -0.0436. The monoisotopic (exact) mass is 293 g/mol. The van der Waals surface area contributed by atoms with Crippen molar-refractivity contribution in [1.29, 1.82) is 0 Å². The van der Waals surface area contributed by atoms with Crippen molar-refractivity contribution in [2.24, 2.45) is 17.4 Å². The second-order valence-electron chi connectivity index (χ2n) is 5.39. The maximum Gasteiger partial charge on any atom is 0.273 e. The Morgan fingerprint density at radius 1 is 1.52 bits per heavy atom. The molecule has 1 amide bonds. The summed E-state index contributed by atoms with van der Waals surface area (Å²) >= 11 is 0. The number of ether oxygens (including phenoxy) is 1. The molecule has 1 aliphatic carbocycles. The van der Waals surface area contributed by atoms with E-state index in [-0.39, 0.29) is 11.6 Å². The van der Waals surface area contributed by atoms with Gasteiger partial charge < -0.3 is 16.2 Å². The Hall–Kier alpha value is -2.15. The van der Waals surface area contributed by atoms with Crippen molar-refractivity contribution in [3.63, 3.8) is 0 Å². The van der Waals surface area contributed by atoms with Gasteiger partial charge in [-0.15, -0.1) is 0 Å². The summed E-state index contributed by atoms with van der Waals surface area (Å²) in [6.45, 7) is 0.345. The number of primary amides is 1. The van der Waals surface area contributed by atoms with Gasteiger partial charge in [-0.1, -0.05) is 12.5 Å². The third-order valence-corrected chi connectivity index (χ3v) is 4.09. The Bertz CT molecular complexity index is 549. The minimum Gasteiger partial charge on any atom is -0.493 e. The molecule has 2 unspecified atom stereocenters. The molecule has 2 rings (SSSR count). The normalized spacial score (nSPS) is 24.7. The summed E-state index contributed by atoms with van der Waals surface area (Å²) in [5.41, 5.74) is 10.5. The quantitative estimate of drug-likeness (QED) is 0.605. The molecule has 4 N–H and O–H groups in total. The molecule has 0 bridgehead atoms. The van der Waals surface area contributed by atoms with Crippen LogP contribution in [-0.2, 0) is 4.79 Å². The minimum atomic E-state index is -0.952. The number of nitrogens with zero attached hydrogens (tertiary/aromatic N) is 1. The van der Waals surface area contributed by atoms with E-state index in [2.05, 4.69) is 0 Å². The number of nitrogens with two attached hydrogens (primary N) is 2. The van der Waals surface area contributed by atoms with E-state index >= 15 is 0 Å². The fourth-order valence-electron chi connectivity index (χ4n) is 2.83. The lowest BCUT2D eigenvalue weighted by Gasteiger charge is -2.27. The lowest BCUT2D eigenvalue weighted by Crippen LogP contribution is -2.54. The first-order valence-electron chi connectivity index (χ1n) is 6.89. The molecule has 1 aliphatic rings. The van der Waals surface area contributed by atoms with Crippen LogP contribution in [0.1, 0.15) is 25.7 Å². The highest BCUT2D eigenvalue weighted by molar-refractivity contribution is 5.85. The predicted molar refractivity (Wildman–Crippen MR) is 76.7 cm³/mol. The summed E-state index contributed by atoms with van der Waals surface area (Å²) in [7, 11) is 0. The van der Waals surface area contributed by atoms with E-state index in [1.165, 1.54) is 12.1 Å². The fourth-order valence-corrected chi connectivity index (χ4v) is 2.83. The first-order valence-corrected chi connectivity index (χ1v) is 6.89. The number of nitro groups is 1. The second kappa shape index (κ2) is 6.09. The van der Waals surface area contributed by atoms with Gasteiger partial charge in [0, 0.05) is 6.07 Å². The Labute approximate surface area is 122 Å². The van der Waals surface area contributed by atoms with E-state index in [9.17, 15) is 14.9 Å². The first-order chi connectivity index (χ1) is 9.93. The van der Waals surface area contributed by atoms with Crippen LogP contribution >= 0.6 is 0 Å². The second-order valence-corrected chi connectivity index (χ2v) is 5.39. The van der Waals surface area contributed by atoms with Crippen LogP contribution in [0, 0.1) is 16.0 Å². The lowest BCUT2D eigenvalue weighted by atomic mass is 9.85. The molecule has 0 saturated heterocycles. The van der Waals surface area contributed by atoms with E-state index in [1.807, 2.05) is 0 Å². The molecule has 0 aliphatic heterocycles. The van der Waals surface area contributed by atoms with Crippen LogP contribution in [0.15, 0.2) is 24.3 Å². The van der Waals surface area contributed by atoms with Gasteiger partial charge >= 0.3 is 0 Å². The number of rotatable bonds is 6. The molecule has 1 aromatic rings. The van der Waals surface area contributed by atoms with Gasteiger partial charge in [0.2, 0.25) is 5.91 Å².